The van der Waals surface area contributed by atoms with Gasteiger partial charge < -0.3 is 4.74 Å². The number of carbonyl (C=O) groups is 1. The number of fused-ring (bicyclic) bond motifs is 2. The van der Waals surface area contributed by atoms with Crippen LogP contribution in [0.2, 0.25) is 0 Å². The molecule has 0 bridgehead atoms. The van der Waals surface area contributed by atoms with Gasteiger partial charge in [-0.3, -0.25) is 9.48 Å². The molecule has 33 heavy (non-hydrogen) atoms. The summed E-state index contributed by atoms with van der Waals surface area (Å²) in [5, 5.41) is 8.41. The van der Waals surface area contributed by atoms with Gasteiger partial charge in [-0.1, -0.05) is 0 Å². The predicted octanol–water partition coefficient (Wildman–Crippen LogP) is 1.94. The average molecular weight is 472 g/mol. The maximum absolute atomic E-state index is 13.4. The highest BCUT2D eigenvalue weighted by Gasteiger charge is 2.51. The monoisotopic (exact) mass is 471 g/mol. The second-order valence-corrected chi connectivity index (χ2v) is 10.2. The lowest BCUT2D eigenvalue weighted by molar-refractivity contribution is -0.151. The van der Waals surface area contributed by atoms with E-state index in [-0.39, 0.29) is 30.2 Å². The molecule has 0 amide bonds. The first-order valence-electron chi connectivity index (χ1n) is 10.4. The summed E-state index contributed by atoms with van der Waals surface area (Å²) in [5.41, 5.74) is 1.92. The number of nitrogens with zero attached hydrogens (tertiary/aromatic N) is 5. The lowest BCUT2D eigenvalue weighted by Gasteiger charge is -2.43. The van der Waals surface area contributed by atoms with E-state index in [0.717, 1.165) is 16.8 Å². The van der Waals surface area contributed by atoms with Crippen molar-refractivity contribution in [2.24, 2.45) is 12.5 Å². The zero-order chi connectivity index (χ0) is 23.4. The van der Waals surface area contributed by atoms with Gasteiger partial charge in [0, 0.05) is 26.3 Å². The molecule has 0 unspecified atom stereocenters. The molecule has 172 valence electrons. The molecule has 9 nitrogen and oxygen atoms in total. The maximum Gasteiger partial charge on any atom is 0.317 e. The maximum atomic E-state index is 13.4. The van der Waals surface area contributed by atoms with Crippen molar-refractivity contribution in [3.8, 4) is 5.69 Å². The lowest BCUT2D eigenvalue weighted by Crippen LogP contribution is -2.53. The van der Waals surface area contributed by atoms with Crippen LogP contribution >= 0.6 is 0 Å². The summed E-state index contributed by atoms with van der Waals surface area (Å²) in [6.45, 7) is 0.186. The van der Waals surface area contributed by atoms with Crippen LogP contribution < -0.4 is 0 Å². The Bertz CT molecular complexity index is 1380. The van der Waals surface area contributed by atoms with Crippen molar-refractivity contribution in [2.75, 3.05) is 20.2 Å². The number of hydrogen-bond acceptors (Lipinski definition) is 6. The van der Waals surface area contributed by atoms with Crippen LogP contribution in [-0.2, 0) is 33.0 Å². The Morgan fingerprint density at radius 1 is 1.18 bits per heavy atom. The standard InChI is InChI=1S/C22H22FN5O4S/c1-26-13-19(12-24-26)33(30,31)27-8-7-16-9-20-15(10-22(16,14-27)21(29)32-2)11-25-28(20)18-5-3-17(23)4-6-18/h3-6,9,11-13H,7-8,10,14H2,1-2H3/t22-/m0/s1. The third-order valence-corrected chi connectivity index (χ3v) is 8.15. The first-order chi connectivity index (χ1) is 15.7. The fourth-order valence-electron chi connectivity index (χ4n) is 4.66. The fourth-order valence-corrected chi connectivity index (χ4v) is 6.14. The minimum absolute atomic E-state index is 0.0378. The van der Waals surface area contributed by atoms with Crippen LogP contribution in [0.25, 0.3) is 11.8 Å². The van der Waals surface area contributed by atoms with Crippen molar-refractivity contribution < 1.29 is 22.3 Å². The number of rotatable bonds is 4. The zero-order valence-electron chi connectivity index (χ0n) is 18.1. The molecular weight excluding hydrogens is 449 g/mol. The SMILES string of the molecule is COC(=O)[C@]12Cc3cnn(-c4ccc(F)cc4)c3C=C1CCN(S(=O)(=O)c1cnn(C)c1)C2. The molecule has 2 aliphatic rings. The van der Waals surface area contributed by atoms with E-state index in [9.17, 15) is 17.6 Å². The number of aryl methyl sites for hydroxylation is 1. The molecule has 1 saturated heterocycles. The number of hydrogen-bond donors (Lipinski definition) is 0. The van der Waals surface area contributed by atoms with E-state index in [1.165, 1.54) is 40.6 Å². The molecule has 0 N–H and O–H groups in total. The summed E-state index contributed by atoms with van der Waals surface area (Å²) in [6, 6.07) is 5.98. The van der Waals surface area contributed by atoms with Crippen LogP contribution in [0.1, 0.15) is 17.7 Å². The van der Waals surface area contributed by atoms with Gasteiger partial charge in [0.1, 0.15) is 16.1 Å². The van der Waals surface area contributed by atoms with Crippen molar-refractivity contribution in [3.63, 3.8) is 0 Å². The van der Waals surface area contributed by atoms with Gasteiger partial charge in [0.25, 0.3) is 0 Å². The normalized spacial score (nSPS) is 20.6. The molecule has 1 atom stereocenters. The summed E-state index contributed by atoms with van der Waals surface area (Å²) in [7, 11) is -0.880. The number of sulfonamides is 1. The third kappa shape index (κ3) is 3.39. The minimum Gasteiger partial charge on any atom is -0.468 e. The molecule has 0 radical (unpaired) electrons. The van der Waals surface area contributed by atoms with E-state index in [4.69, 9.17) is 4.74 Å². The fraction of sp³-hybridized carbons (Fsp3) is 0.318. The third-order valence-electron chi connectivity index (χ3n) is 6.35. The molecule has 2 aromatic heterocycles. The van der Waals surface area contributed by atoms with Gasteiger partial charge in [0.15, 0.2) is 0 Å². The molecule has 1 fully saturated rings. The Morgan fingerprint density at radius 3 is 2.61 bits per heavy atom. The second kappa shape index (κ2) is 7.63. The Hall–Kier alpha value is -3.31. The van der Waals surface area contributed by atoms with Crippen LogP contribution in [-0.4, -0.2) is 58.5 Å². The summed E-state index contributed by atoms with van der Waals surface area (Å²) < 4.78 is 49.5. The molecule has 3 aromatic rings. The summed E-state index contributed by atoms with van der Waals surface area (Å²) >= 11 is 0. The number of esters is 1. The molecule has 1 aliphatic heterocycles. The van der Waals surface area contributed by atoms with Gasteiger partial charge in [-0.2, -0.15) is 14.5 Å². The molecule has 1 aliphatic carbocycles. The number of piperidine rings is 1. The van der Waals surface area contributed by atoms with E-state index in [0.29, 0.717) is 12.1 Å². The number of benzene rings is 1. The van der Waals surface area contributed by atoms with Gasteiger partial charge in [-0.05, 0) is 54.3 Å². The molecule has 1 aromatic carbocycles. The van der Waals surface area contributed by atoms with Gasteiger partial charge in [-0.25, -0.2) is 17.5 Å². The smallest absolute Gasteiger partial charge is 0.317 e. The van der Waals surface area contributed by atoms with Crippen molar-refractivity contribution in [1.29, 1.82) is 0 Å². The molecular formula is C22H22FN5O4S. The van der Waals surface area contributed by atoms with Crippen LogP contribution in [0.4, 0.5) is 4.39 Å². The van der Waals surface area contributed by atoms with E-state index < -0.39 is 21.4 Å². The lowest BCUT2D eigenvalue weighted by atomic mass is 9.69. The van der Waals surface area contributed by atoms with E-state index in [1.54, 1.807) is 30.1 Å². The van der Waals surface area contributed by atoms with Gasteiger partial charge >= 0.3 is 5.97 Å². The molecule has 0 saturated carbocycles. The molecule has 3 heterocycles. The Balaban J connectivity index is 1.55. The highest BCUT2D eigenvalue weighted by molar-refractivity contribution is 7.89. The minimum atomic E-state index is -3.83. The van der Waals surface area contributed by atoms with E-state index in [2.05, 4.69) is 10.2 Å². The quantitative estimate of drug-likeness (QED) is 0.540. The van der Waals surface area contributed by atoms with Gasteiger partial charge in [0.05, 0.1) is 30.9 Å². The number of ether oxygens (including phenoxy) is 1. The van der Waals surface area contributed by atoms with Crippen molar-refractivity contribution in [3.05, 3.63) is 65.5 Å². The average Bonchev–Trinajstić information content (AvgIpc) is 3.43. The topological polar surface area (TPSA) is 99.3 Å². The largest absolute Gasteiger partial charge is 0.468 e. The first kappa shape index (κ1) is 21.5. The number of methoxy groups -OCH3 is 1. The molecule has 5 rings (SSSR count). The van der Waals surface area contributed by atoms with E-state index >= 15 is 0 Å². The first-order valence-corrected chi connectivity index (χ1v) is 11.8. The highest BCUT2D eigenvalue weighted by Crippen LogP contribution is 2.46. The number of carbonyl (C=O) groups excluding carboxylic acids is 1. The van der Waals surface area contributed by atoms with Crippen molar-refractivity contribution in [1.82, 2.24) is 23.9 Å². The summed E-state index contributed by atoms with van der Waals surface area (Å²) in [5.74, 6) is -0.829. The second-order valence-electron chi connectivity index (χ2n) is 8.30. The van der Waals surface area contributed by atoms with Crippen LogP contribution in [0.15, 0.2) is 53.3 Å². The van der Waals surface area contributed by atoms with Gasteiger partial charge in [0.2, 0.25) is 10.0 Å². The number of aromatic nitrogens is 4. The molecule has 0 spiro atoms. The van der Waals surface area contributed by atoms with Crippen molar-refractivity contribution >= 4 is 22.1 Å². The van der Waals surface area contributed by atoms with Crippen LogP contribution in [0, 0.1) is 11.2 Å². The molecule has 11 heteroatoms. The zero-order valence-corrected chi connectivity index (χ0v) is 18.9. The summed E-state index contributed by atoms with van der Waals surface area (Å²) in [4.78, 5) is 13.2. The Kier molecular flexibility index (Phi) is 4.98. The van der Waals surface area contributed by atoms with Gasteiger partial charge in [-0.15, -0.1) is 0 Å². The summed E-state index contributed by atoms with van der Waals surface area (Å²) in [6.07, 6.45) is 6.91. The predicted molar refractivity (Wildman–Crippen MR) is 116 cm³/mol. The van der Waals surface area contributed by atoms with Crippen molar-refractivity contribution in [2.45, 2.75) is 17.7 Å². The Labute approximate surface area is 190 Å². The number of halogens is 1. The van der Waals surface area contributed by atoms with E-state index in [1.807, 2.05) is 6.08 Å². The highest BCUT2D eigenvalue weighted by atomic mass is 32.2. The van der Waals surface area contributed by atoms with Crippen LogP contribution in [0.5, 0.6) is 0 Å². The Morgan fingerprint density at radius 2 is 1.94 bits per heavy atom. The van der Waals surface area contributed by atoms with Crippen LogP contribution in [0.3, 0.4) is 0 Å².